The van der Waals surface area contributed by atoms with E-state index in [0.29, 0.717) is 47.7 Å². The number of carboxylic acid groups (broad SMARTS) is 1. The second kappa shape index (κ2) is 9.10. The van der Waals surface area contributed by atoms with Gasteiger partial charge in [-0.1, -0.05) is 18.5 Å². The lowest BCUT2D eigenvalue weighted by Gasteiger charge is -2.38. The second-order valence-electron chi connectivity index (χ2n) is 6.72. The van der Waals surface area contributed by atoms with Crippen molar-refractivity contribution in [3.63, 3.8) is 0 Å². The Kier molecular flexibility index (Phi) is 6.76. The lowest BCUT2D eigenvalue weighted by Crippen LogP contribution is -2.55. The Morgan fingerprint density at radius 1 is 1.41 bits per heavy atom. The smallest absolute Gasteiger partial charge is 0.355 e. The van der Waals surface area contributed by atoms with Gasteiger partial charge >= 0.3 is 5.97 Å². The number of thiazole rings is 1. The van der Waals surface area contributed by atoms with E-state index in [0.717, 1.165) is 5.69 Å². The minimum atomic E-state index is -1.03. The molecule has 1 saturated heterocycles. The highest BCUT2D eigenvalue weighted by Crippen LogP contribution is 2.29. The highest BCUT2D eigenvalue weighted by atomic mass is 35.5. The summed E-state index contributed by atoms with van der Waals surface area (Å²) in [6.45, 7) is 7.20. The van der Waals surface area contributed by atoms with Gasteiger partial charge in [0.15, 0.2) is 21.8 Å². The van der Waals surface area contributed by atoms with Crippen LogP contribution in [0.15, 0.2) is 0 Å². The summed E-state index contributed by atoms with van der Waals surface area (Å²) in [4.78, 5) is 37.9. The number of nitrogens with one attached hydrogen (secondary N) is 2. The van der Waals surface area contributed by atoms with E-state index in [9.17, 15) is 14.7 Å². The predicted octanol–water partition coefficient (Wildman–Crippen LogP) is 2.50. The number of aryl methyl sites for hydroxylation is 2. The van der Waals surface area contributed by atoms with Gasteiger partial charge in [0.1, 0.15) is 0 Å². The van der Waals surface area contributed by atoms with Gasteiger partial charge in [-0.15, -0.1) is 11.3 Å². The number of aromatic amines is 1. The first-order valence-corrected chi connectivity index (χ1v) is 10.7. The topological polar surface area (TPSA) is 120 Å². The third-order valence-electron chi connectivity index (χ3n) is 4.81. The van der Waals surface area contributed by atoms with Crippen LogP contribution in [0.1, 0.15) is 51.9 Å². The second-order valence-corrected chi connectivity index (χ2v) is 8.26. The van der Waals surface area contributed by atoms with Crippen LogP contribution in [0.3, 0.4) is 0 Å². The van der Waals surface area contributed by atoms with Crippen LogP contribution in [0.25, 0.3) is 0 Å². The van der Waals surface area contributed by atoms with Gasteiger partial charge in [-0.25, -0.2) is 14.8 Å². The largest absolute Gasteiger partial charge is 0.476 e. The molecule has 1 fully saturated rings. The number of anilines is 1. The minimum absolute atomic E-state index is 0.0785. The molecule has 0 radical (unpaired) electrons. The Morgan fingerprint density at radius 2 is 2.17 bits per heavy atom. The number of rotatable bonds is 7. The lowest BCUT2D eigenvalue weighted by molar-refractivity contribution is 0.0271. The molecule has 3 rings (SSSR count). The number of nitrogens with zero attached hydrogens (tertiary/aromatic N) is 3. The Balaban J connectivity index is 1.70. The van der Waals surface area contributed by atoms with Crippen molar-refractivity contribution >= 4 is 39.9 Å². The number of amides is 1. The van der Waals surface area contributed by atoms with Crippen LogP contribution in [0, 0.1) is 6.92 Å². The number of carboxylic acids is 1. The maximum Gasteiger partial charge on any atom is 0.355 e. The van der Waals surface area contributed by atoms with E-state index in [1.54, 1.807) is 6.92 Å². The Morgan fingerprint density at radius 3 is 2.76 bits per heavy atom. The third-order valence-corrected chi connectivity index (χ3v) is 6.16. The van der Waals surface area contributed by atoms with E-state index < -0.39 is 5.97 Å². The number of ether oxygens (including phenoxy) is 1. The predicted molar refractivity (Wildman–Crippen MR) is 110 cm³/mol. The fourth-order valence-corrected chi connectivity index (χ4v) is 4.52. The van der Waals surface area contributed by atoms with Gasteiger partial charge in [-0.3, -0.25) is 4.79 Å². The van der Waals surface area contributed by atoms with Crippen LogP contribution >= 0.6 is 22.9 Å². The Bertz CT molecular complexity index is 899. The molecule has 2 aromatic rings. The molecule has 9 nitrogen and oxygen atoms in total. The number of hydrogen-bond donors (Lipinski definition) is 3. The molecule has 0 aromatic carbocycles. The minimum Gasteiger partial charge on any atom is -0.476 e. The molecule has 0 bridgehead atoms. The van der Waals surface area contributed by atoms with Crippen molar-refractivity contribution in [1.29, 1.82) is 0 Å². The number of carbonyl (C=O) groups excluding carboxylic acids is 1. The Labute approximate surface area is 177 Å². The van der Waals surface area contributed by atoms with E-state index >= 15 is 0 Å². The van der Waals surface area contributed by atoms with Gasteiger partial charge in [0.25, 0.3) is 5.91 Å². The zero-order valence-corrected chi connectivity index (χ0v) is 18.1. The lowest BCUT2D eigenvalue weighted by atomic mass is 10.0. The average molecular weight is 442 g/mol. The van der Waals surface area contributed by atoms with Gasteiger partial charge in [-0.05, 0) is 26.7 Å². The molecule has 0 spiro atoms. The van der Waals surface area contributed by atoms with Crippen LogP contribution < -0.4 is 10.2 Å². The van der Waals surface area contributed by atoms with E-state index in [-0.39, 0.29) is 29.6 Å². The number of hydrogen-bond acceptors (Lipinski definition) is 7. The molecule has 11 heteroatoms. The average Bonchev–Trinajstić information content (AvgIpc) is 3.26. The number of carbonyl (C=O) groups is 2. The van der Waals surface area contributed by atoms with Crippen molar-refractivity contribution in [1.82, 2.24) is 20.3 Å². The van der Waals surface area contributed by atoms with Crippen molar-refractivity contribution in [3.05, 3.63) is 27.2 Å². The number of imidazole rings is 1. The monoisotopic (exact) mass is 441 g/mol. The van der Waals surface area contributed by atoms with Crippen molar-refractivity contribution in [2.24, 2.45) is 0 Å². The third kappa shape index (κ3) is 4.71. The first kappa shape index (κ1) is 21.5. The van der Waals surface area contributed by atoms with Gasteiger partial charge in [0.2, 0.25) is 0 Å². The molecular weight excluding hydrogens is 418 g/mol. The first-order valence-electron chi connectivity index (χ1n) is 9.46. The number of H-pyrrole nitrogens is 1. The molecule has 1 aliphatic rings. The maximum absolute atomic E-state index is 12.6. The van der Waals surface area contributed by atoms with Gasteiger partial charge in [0, 0.05) is 24.6 Å². The standard InChI is InChI=1S/C18H24ClN5O4S/c1-4-10-14(19)23-15(20-10)16(25)21-11-6-7-24(8-12(11)28-5-2)18-22-13(17(26)27)9(3)29-18/h11-12H,4-8H2,1-3H3,(H,20,23)(H,21,25)(H,26,27). The first-order chi connectivity index (χ1) is 13.8. The number of aromatic nitrogens is 3. The van der Waals surface area contributed by atoms with E-state index in [2.05, 4.69) is 20.3 Å². The van der Waals surface area contributed by atoms with Gasteiger partial charge in [0.05, 0.1) is 17.8 Å². The van der Waals surface area contributed by atoms with Crippen molar-refractivity contribution in [2.45, 2.75) is 45.8 Å². The quantitative estimate of drug-likeness (QED) is 0.603. The molecule has 1 aliphatic heterocycles. The van der Waals surface area contributed by atoms with Crippen molar-refractivity contribution in [2.75, 3.05) is 24.6 Å². The molecule has 3 N–H and O–H groups in total. The zero-order valence-electron chi connectivity index (χ0n) is 16.5. The SMILES string of the molecule is CCOC1CN(c2nc(C(=O)O)c(C)s2)CCC1NC(=O)c1nc(Cl)c(CC)[nH]1. The summed E-state index contributed by atoms with van der Waals surface area (Å²) in [6.07, 6.45) is 1.03. The molecule has 2 unspecified atom stereocenters. The van der Waals surface area contributed by atoms with Crippen LogP contribution in [0.4, 0.5) is 5.13 Å². The van der Waals surface area contributed by atoms with Crippen LogP contribution in [0.5, 0.6) is 0 Å². The van der Waals surface area contributed by atoms with Crippen molar-refractivity contribution in [3.8, 4) is 0 Å². The molecule has 1 amide bonds. The summed E-state index contributed by atoms with van der Waals surface area (Å²) in [5.74, 6) is -1.17. The number of aromatic carboxylic acids is 1. The summed E-state index contributed by atoms with van der Waals surface area (Å²) in [7, 11) is 0. The molecule has 158 valence electrons. The normalized spacial score (nSPS) is 19.4. The molecule has 0 saturated carbocycles. The molecule has 2 aromatic heterocycles. The summed E-state index contributed by atoms with van der Waals surface area (Å²) in [6, 6.07) is -0.201. The van der Waals surface area contributed by atoms with E-state index in [1.165, 1.54) is 11.3 Å². The fourth-order valence-electron chi connectivity index (χ4n) is 3.32. The molecule has 0 aliphatic carbocycles. The molecule has 3 heterocycles. The maximum atomic E-state index is 12.6. The number of halogens is 1. The molecule has 2 atom stereocenters. The highest BCUT2D eigenvalue weighted by molar-refractivity contribution is 7.15. The van der Waals surface area contributed by atoms with Gasteiger partial charge < -0.3 is 25.0 Å². The summed E-state index contributed by atoms with van der Waals surface area (Å²) in [5, 5.41) is 13.2. The summed E-state index contributed by atoms with van der Waals surface area (Å²) in [5.41, 5.74) is 0.802. The highest BCUT2D eigenvalue weighted by Gasteiger charge is 2.33. The van der Waals surface area contributed by atoms with Crippen LogP contribution in [0.2, 0.25) is 5.15 Å². The van der Waals surface area contributed by atoms with Crippen LogP contribution in [-0.2, 0) is 11.2 Å². The van der Waals surface area contributed by atoms with Crippen LogP contribution in [-0.4, -0.2) is 63.8 Å². The molecular formula is C18H24ClN5O4S. The van der Waals surface area contributed by atoms with Gasteiger partial charge in [-0.2, -0.15) is 0 Å². The number of piperidine rings is 1. The summed E-state index contributed by atoms with van der Waals surface area (Å²) < 4.78 is 5.87. The molecule has 29 heavy (non-hydrogen) atoms. The van der Waals surface area contributed by atoms with E-state index in [1.807, 2.05) is 18.7 Å². The zero-order chi connectivity index (χ0) is 21.1. The Hall–Kier alpha value is -2.17. The fraction of sp³-hybridized carbons (Fsp3) is 0.556. The summed E-state index contributed by atoms with van der Waals surface area (Å²) >= 11 is 7.38. The van der Waals surface area contributed by atoms with E-state index in [4.69, 9.17) is 16.3 Å². The van der Waals surface area contributed by atoms with Crippen molar-refractivity contribution < 1.29 is 19.4 Å².